The fraction of sp³-hybridized carbons (Fsp3) is 0.158. The minimum atomic E-state index is -0.310. The van der Waals surface area contributed by atoms with Crippen LogP contribution in [0.5, 0.6) is 5.75 Å². The first-order valence-electron chi connectivity index (χ1n) is 8.62. The Bertz CT molecular complexity index is 1140. The molecule has 10 heteroatoms. The number of halogens is 1. The van der Waals surface area contributed by atoms with Crippen molar-refractivity contribution in [2.45, 2.75) is 17.5 Å². The number of methoxy groups -OCH3 is 1. The number of amides is 1. The highest BCUT2D eigenvalue weighted by molar-refractivity contribution is 7.98. The zero-order chi connectivity index (χ0) is 20.2. The first kappa shape index (κ1) is 19.3. The Morgan fingerprint density at radius 2 is 2.07 bits per heavy atom. The number of thioether (sulfide) groups is 1. The quantitative estimate of drug-likeness (QED) is 0.434. The zero-order valence-electron chi connectivity index (χ0n) is 15.3. The Kier molecular flexibility index (Phi) is 5.72. The van der Waals surface area contributed by atoms with Crippen LogP contribution in [-0.2, 0) is 12.3 Å². The molecular weight excluding hydrogens is 413 g/mol. The molecule has 1 amide bonds. The maximum atomic E-state index is 12.9. The van der Waals surface area contributed by atoms with Gasteiger partial charge in [0.2, 0.25) is 5.01 Å². The molecular formula is C19H16FN5O2S2. The lowest BCUT2D eigenvalue weighted by Gasteiger charge is -2.02. The molecule has 0 unspecified atom stereocenters. The highest BCUT2D eigenvalue weighted by Crippen LogP contribution is 2.26. The Hall–Kier alpha value is -2.98. The maximum Gasteiger partial charge on any atom is 0.282 e. The second-order valence-corrected chi connectivity index (χ2v) is 8.05. The van der Waals surface area contributed by atoms with E-state index >= 15 is 0 Å². The van der Waals surface area contributed by atoms with Gasteiger partial charge in [-0.15, -0.1) is 10.2 Å². The van der Waals surface area contributed by atoms with E-state index in [1.165, 1.54) is 35.2 Å². The van der Waals surface area contributed by atoms with Crippen molar-refractivity contribution >= 4 is 40.0 Å². The van der Waals surface area contributed by atoms with E-state index < -0.39 is 0 Å². The SMILES string of the molecule is COc1ccc2nc(SCc3nnc(C(=O)NCc4ccc(F)cc4)s3)[nH]c2c1. The van der Waals surface area contributed by atoms with E-state index in [-0.39, 0.29) is 16.7 Å². The van der Waals surface area contributed by atoms with Crippen molar-refractivity contribution < 1.29 is 13.9 Å². The molecule has 29 heavy (non-hydrogen) atoms. The van der Waals surface area contributed by atoms with Gasteiger partial charge >= 0.3 is 0 Å². The van der Waals surface area contributed by atoms with Gasteiger partial charge in [0.1, 0.15) is 16.6 Å². The van der Waals surface area contributed by atoms with Gasteiger partial charge in [-0.3, -0.25) is 4.79 Å². The van der Waals surface area contributed by atoms with Crippen molar-refractivity contribution in [1.82, 2.24) is 25.5 Å². The van der Waals surface area contributed by atoms with Gasteiger partial charge in [-0.2, -0.15) is 0 Å². The number of fused-ring (bicyclic) bond motifs is 1. The van der Waals surface area contributed by atoms with Crippen LogP contribution in [0.3, 0.4) is 0 Å². The van der Waals surface area contributed by atoms with Crippen molar-refractivity contribution in [3.05, 3.63) is 63.9 Å². The van der Waals surface area contributed by atoms with Crippen LogP contribution in [-0.4, -0.2) is 33.2 Å². The molecule has 0 aliphatic carbocycles. The minimum absolute atomic E-state index is 0.289. The van der Waals surface area contributed by atoms with Gasteiger partial charge in [0.15, 0.2) is 5.16 Å². The average molecular weight is 430 g/mol. The Labute approximate surface area is 173 Å². The molecule has 2 aromatic carbocycles. The summed E-state index contributed by atoms with van der Waals surface area (Å²) in [7, 11) is 1.62. The van der Waals surface area contributed by atoms with Crippen molar-refractivity contribution in [2.75, 3.05) is 7.11 Å². The van der Waals surface area contributed by atoms with E-state index in [2.05, 4.69) is 25.5 Å². The third-order valence-electron chi connectivity index (χ3n) is 4.03. The normalized spacial score (nSPS) is 11.0. The molecule has 0 spiro atoms. The van der Waals surface area contributed by atoms with E-state index in [1.54, 1.807) is 19.2 Å². The van der Waals surface area contributed by atoms with Gasteiger partial charge in [0, 0.05) is 12.6 Å². The summed E-state index contributed by atoms with van der Waals surface area (Å²) in [5.74, 6) is 0.687. The molecule has 0 saturated heterocycles. The summed E-state index contributed by atoms with van der Waals surface area (Å²) in [4.78, 5) is 20.0. The number of rotatable bonds is 7. The molecule has 0 bridgehead atoms. The Balaban J connectivity index is 1.34. The molecule has 2 heterocycles. The second-order valence-electron chi connectivity index (χ2n) is 6.02. The molecule has 0 radical (unpaired) electrons. The monoisotopic (exact) mass is 429 g/mol. The van der Waals surface area contributed by atoms with E-state index in [0.717, 1.165) is 32.5 Å². The van der Waals surface area contributed by atoms with Crippen LogP contribution >= 0.6 is 23.1 Å². The molecule has 0 atom stereocenters. The maximum absolute atomic E-state index is 12.9. The van der Waals surface area contributed by atoms with Crippen LogP contribution in [0.25, 0.3) is 11.0 Å². The van der Waals surface area contributed by atoms with Crippen molar-refractivity contribution in [3.63, 3.8) is 0 Å². The third-order valence-corrected chi connectivity index (χ3v) is 6.02. The van der Waals surface area contributed by atoms with Gasteiger partial charge in [-0.1, -0.05) is 35.2 Å². The predicted molar refractivity (Wildman–Crippen MR) is 110 cm³/mol. The number of aromatic amines is 1. The summed E-state index contributed by atoms with van der Waals surface area (Å²) in [5.41, 5.74) is 2.55. The van der Waals surface area contributed by atoms with E-state index in [4.69, 9.17) is 4.74 Å². The molecule has 7 nitrogen and oxygen atoms in total. The Morgan fingerprint density at radius 3 is 2.86 bits per heavy atom. The minimum Gasteiger partial charge on any atom is -0.497 e. The fourth-order valence-electron chi connectivity index (χ4n) is 2.55. The van der Waals surface area contributed by atoms with Gasteiger partial charge in [0.25, 0.3) is 5.91 Å². The number of hydrogen-bond acceptors (Lipinski definition) is 7. The van der Waals surface area contributed by atoms with Gasteiger partial charge in [-0.05, 0) is 29.8 Å². The molecule has 0 aliphatic rings. The highest BCUT2D eigenvalue weighted by atomic mass is 32.2. The lowest BCUT2D eigenvalue weighted by atomic mass is 10.2. The fourth-order valence-corrected chi connectivity index (χ4v) is 4.18. The highest BCUT2D eigenvalue weighted by Gasteiger charge is 2.14. The van der Waals surface area contributed by atoms with Gasteiger partial charge in [-0.25, -0.2) is 9.37 Å². The standard InChI is InChI=1S/C19H16FN5O2S2/c1-27-13-6-7-14-15(8-13)23-19(22-14)28-10-16-24-25-18(29-16)17(26)21-9-11-2-4-12(20)5-3-11/h2-8H,9-10H2,1H3,(H,21,26)(H,22,23). The largest absolute Gasteiger partial charge is 0.497 e. The summed E-state index contributed by atoms with van der Waals surface area (Å²) in [6.45, 7) is 0.297. The molecule has 4 rings (SSSR count). The molecule has 2 N–H and O–H groups in total. The average Bonchev–Trinajstić information content (AvgIpc) is 3.37. The predicted octanol–water partition coefficient (Wildman–Crippen LogP) is 3.78. The van der Waals surface area contributed by atoms with Crippen LogP contribution in [0, 0.1) is 5.82 Å². The molecule has 0 fully saturated rings. The first-order chi connectivity index (χ1) is 14.1. The summed E-state index contributed by atoms with van der Waals surface area (Å²) in [5, 5.41) is 12.6. The molecule has 2 aromatic heterocycles. The van der Waals surface area contributed by atoms with Crippen molar-refractivity contribution in [1.29, 1.82) is 0 Å². The zero-order valence-corrected chi connectivity index (χ0v) is 16.9. The lowest BCUT2D eigenvalue weighted by molar-refractivity contribution is 0.0950. The second kappa shape index (κ2) is 8.58. The molecule has 0 aliphatic heterocycles. The Morgan fingerprint density at radius 1 is 1.24 bits per heavy atom. The van der Waals surface area contributed by atoms with E-state index in [0.29, 0.717) is 12.3 Å². The number of nitrogens with zero attached hydrogens (tertiary/aromatic N) is 3. The van der Waals surface area contributed by atoms with E-state index in [1.807, 2.05) is 18.2 Å². The van der Waals surface area contributed by atoms with Crippen molar-refractivity contribution in [2.24, 2.45) is 0 Å². The number of H-pyrrole nitrogens is 1. The first-order valence-corrected chi connectivity index (χ1v) is 10.4. The number of imidazole rings is 1. The lowest BCUT2D eigenvalue weighted by Crippen LogP contribution is -2.22. The number of hydrogen-bond donors (Lipinski definition) is 2. The van der Waals surface area contributed by atoms with E-state index in [9.17, 15) is 9.18 Å². The number of ether oxygens (including phenoxy) is 1. The summed E-state index contributed by atoms with van der Waals surface area (Å²) in [6.07, 6.45) is 0. The van der Waals surface area contributed by atoms with Gasteiger partial charge < -0.3 is 15.0 Å². The van der Waals surface area contributed by atoms with Crippen LogP contribution in [0.2, 0.25) is 0 Å². The van der Waals surface area contributed by atoms with Crippen molar-refractivity contribution in [3.8, 4) is 5.75 Å². The molecule has 4 aromatic rings. The summed E-state index contributed by atoms with van der Waals surface area (Å²) in [6, 6.07) is 11.6. The number of carbonyl (C=O) groups excluding carboxylic acids is 1. The molecule has 0 saturated carbocycles. The smallest absolute Gasteiger partial charge is 0.282 e. The third kappa shape index (κ3) is 4.72. The number of aromatic nitrogens is 4. The molecule has 148 valence electrons. The summed E-state index contributed by atoms with van der Waals surface area (Å²) < 4.78 is 18.1. The number of nitrogens with one attached hydrogen (secondary N) is 2. The number of carbonyl (C=O) groups is 1. The summed E-state index contributed by atoms with van der Waals surface area (Å²) >= 11 is 2.72. The van der Waals surface area contributed by atoms with Crippen LogP contribution in [0.15, 0.2) is 47.6 Å². The van der Waals surface area contributed by atoms with Crippen LogP contribution in [0.4, 0.5) is 4.39 Å². The van der Waals surface area contributed by atoms with Crippen LogP contribution < -0.4 is 10.1 Å². The van der Waals surface area contributed by atoms with Gasteiger partial charge in [0.05, 0.1) is 23.9 Å². The topological polar surface area (TPSA) is 92.8 Å². The van der Waals surface area contributed by atoms with Crippen LogP contribution in [0.1, 0.15) is 20.4 Å². The number of benzene rings is 2.